The predicted molar refractivity (Wildman–Crippen MR) is 85.2 cm³/mol. The van der Waals surface area contributed by atoms with E-state index in [0.717, 1.165) is 30.6 Å². The Morgan fingerprint density at radius 2 is 1.90 bits per heavy atom. The standard InChI is InChI=1S/C17H21FN2O/c1-2-11-21-17-12-15(7-8-16(17)19)20-10-9-13-3-5-14(18)6-4-13/h3-8,12,20H,2,9-11,19H2,1H3. The molecular formula is C17H21FN2O. The first-order valence-electron chi connectivity index (χ1n) is 7.19. The number of anilines is 2. The summed E-state index contributed by atoms with van der Waals surface area (Å²) in [6.07, 6.45) is 1.78. The Morgan fingerprint density at radius 3 is 2.62 bits per heavy atom. The van der Waals surface area contributed by atoms with Gasteiger partial charge in [0.15, 0.2) is 0 Å². The molecule has 0 amide bonds. The van der Waals surface area contributed by atoms with Gasteiger partial charge in [0.25, 0.3) is 0 Å². The van der Waals surface area contributed by atoms with Crippen LogP contribution in [-0.4, -0.2) is 13.2 Å². The molecule has 2 aromatic carbocycles. The SMILES string of the molecule is CCCOc1cc(NCCc2ccc(F)cc2)ccc1N. The fraction of sp³-hybridized carbons (Fsp3) is 0.294. The van der Waals surface area contributed by atoms with Gasteiger partial charge in [0.2, 0.25) is 0 Å². The maximum atomic E-state index is 12.8. The zero-order chi connectivity index (χ0) is 15.1. The lowest BCUT2D eigenvalue weighted by molar-refractivity contribution is 0.319. The third kappa shape index (κ3) is 4.67. The second-order valence-corrected chi connectivity index (χ2v) is 4.90. The topological polar surface area (TPSA) is 47.3 Å². The first kappa shape index (κ1) is 15.2. The van der Waals surface area contributed by atoms with Crippen molar-refractivity contribution in [3.8, 4) is 5.75 Å². The van der Waals surface area contributed by atoms with Gasteiger partial charge in [-0.2, -0.15) is 0 Å². The van der Waals surface area contributed by atoms with E-state index in [1.807, 2.05) is 18.2 Å². The molecule has 0 aliphatic heterocycles. The van der Waals surface area contributed by atoms with Crippen LogP contribution in [0.4, 0.5) is 15.8 Å². The Bertz CT molecular complexity index is 570. The van der Waals surface area contributed by atoms with E-state index < -0.39 is 0 Å². The first-order chi connectivity index (χ1) is 10.2. The van der Waals surface area contributed by atoms with E-state index in [9.17, 15) is 4.39 Å². The molecule has 0 bridgehead atoms. The maximum absolute atomic E-state index is 12.8. The number of benzene rings is 2. The molecule has 0 fully saturated rings. The van der Waals surface area contributed by atoms with Crippen molar-refractivity contribution in [2.75, 3.05) is 24.2 Å². The smallest absolute Gasteiger partial charge is 0.144 e. The fourth-order valence-electron chi connectivity index (χ4n) is 1.98. The molecule has 0 saturated carbocycles. The summed E-state index contributed by atoms with van der Waals surface area (Å²) in [5.41, 5.74) is 8.59. The Labute approximate surface area is 124 Å². The minimum atomic E-state index is -0.206. The van der Waals surface area contributed by atoms with Crippen molar-refractivity contribution in [1.29, 1.82) is 0 Å². The van der Waals surface area contributed by atoms with Crippen molar-refractivity contribution < 1.29 is 9.13 Å². The van der Waals surface area contributed by atoms with Crippen LogP contribution in [0, 0.1) is 5.82 Å². The van der Waals surface area contributed by atoms with E-state index in [1.54, 1.807) is 12.1 Å². The molecule has 0 aromatic heterocycles. The van der Waals surface area contributed by atoms with E-state index in [-0.39, 0.29) is 5.82 Å². The van der Waals surface area contributed by atoms with Gasteiger partial charge >= 0.3 is 0 Å². The van der Waals surface area contributed by atoms with Crippen molar-refractivity contribution in [1.82, 2.24) is 0 Å². The molecular weight excluding hydrogens is 267 g/mol. The highest BCUT2D eigenvalue weighted by Crippen LogP contribution is 2.25. The summed E-state index contributed by atoms with van der Waals surface area (Å²) in [7, 11) is 0. The van der Waals surface area contributed by atoms with Gasteiger partial charge in [-0.25, -0.2) is 4.39 Å². The van der Waals surface area contributed by atoms with Crippen LogP contribution >= 0.6 is 0 Å². The van der Waals surface area contributed by atoms with Crippen LogP contribution in [0.1, 0.15) is 18.9 Å². The Hall–Kier alpha value is -2.23. The minimum absolute atomic E-state index is 0.206. The van der Waals surface area contributed by atoms with Gasteiger partial charge in [0.05, 0.1) is 12.3 Å². The Morgan fingerprint density at radius 1 is 1.14 bits per heavy atom. The molecule has 112 valence electrons. The molecule has 3 nitrogen and oxygen atoms in total. The summed E-state index contributed by atoms with van der Waals surface area (Å²) < 4.78 is 18.4. The molecule has 0 saturated heterocycles. The van der Waals surface area contributed by atoms with Crippen LogP contribution in [0.2, 0.25) is 0 Å². The van der Waals surface area contributed by atoms with Crippen molar-refractivity contribution in [3.63, 3.8) is 0 Å². The molecule has 0 spiro atoms. The van der Waals surface area contributed by atoms with Crippen LogP contribution in [0.25, 0.3) is 0 Å². The number of nitrogens with two attached hydrogens (primary N) is 1. The van der Waals surface area contributed by atoms with E-state index in [0.29, 0.717) is 18.0 Å². The second kappa shape index (κ2) is 7.53. The summed E-state index contributed by atoms with van der Waals surface area (Å²) in [5, 5.41) is 3.32. The predicted octanol–water partition coefficient (Wildman–Crippen LogP) is 3.85. The number of nitrogen functional groups attached to an aromatic ring is 1. The van der Waals surface area contributed by atoms with Crippen LogP contribution < -0.4 is 15.8 Å². The van der Waals surface area contributed by atoms with E-state index >= 15 is 0 Å². The lowest BCUT2D eigenvalue weighted by Crippen LogP contribution is -2.06. The highest BCUT2D eigenvalue weighted by atomic mass is 19.1. The van der Waals surface area contributed by atoms with Gasteiger partial charge in [-0.15, -0.1) is 0 Å². The van der Waals surface area contributed by atoms with Crippen molar-refractivity contribution in [2.24, 2.45) is 0 Å². The van der Waals surface area contributed by atoms with E-state index in [1.165, 1.54) is 12.1 Å². The first-order valence-corrected chi connectivity index (χ1v) is 7.19. The third-order valence-electron chi connectivity index (χ3n) is 3.13. The third-order valence-corrected chi connectivity index (χ3v) is 3.13. The summed E-state index contributed by atoms with van der Waals surface area (Å²) in [4.78, 5) is 0. The molecule has 4 heteroatoms. The maximum Gasteiger partial charge on any atom is 0.144 e. The quantitative estimate of drug-likeness (QED) is 0.761. The van der Waals surface area contributed by atoms with Crippen molar-refractivity contribution >= 4 is 11.4 Å². The monoisotopic (exact) mass is 288 g/mol. The molecule has 2 aromatic rings. The average Bonchev–Trinajstić information content (AvgIpc) is 2.49. The highest BCUT2D eigenvalue weighted by molar-refractivity contribution is 5.61. The summed E-state index contributed by atoms with van der Waals surface area (Å²) in [6, 6.07) is 12.2. The zero-order valence-electron chi connectivity index (χ0n) is 12.2. The lowest BCUT2D eigenvalue weighted by Gasteiger charge is -2.11. The number of hydrogen-bond donors (Lipinski definition) is 2. The van der Waals surface area contributed by atoms with Gasteiger partial charge in [-0.05, 0) is 42.7 Å². The normalized spacial score (nSPS) is 10.4. The molecule has 0 radical (unpaired) electrons. The fourth-order valence-corrected chi connectivity index (χ4v) is 1.98. The van der Waals surface area contributed by atoms with Gasteiger partial charge < -0.3 is 15.8 Å². The van der Waals surface area contributed by atoms with E-state index in [4.69, 9.17) is 10.5 Å². The van der Waals surface area contributed by atoms with Gasteiger partial charge in [-0.3, -0.25) is 0 Å². The molecule has 0 unspecified atom stereocenters. The molecule has 0 aliphatic carbocycles. The average molecular weight is 288 g/mol. The second-order valence-electron chi connectivity index (χ2n) is 4.90. The van der Waals surface area contributed by atoms with Crippen molar-refractivity contribution in [2.45, 2.75) is 19.8 Å². The van der Waals surface area contributed by atoms with Crippen molar-refractivity contribution in [3.05, 3.63) is 53.8 Å². The number of hydrogen-bond acceptors (Lipinski definition) is 3. The van der Waals surface area contributed by atoms with E-state index in [2.05, 4.69) is 12.2 Å². The number of rotatable bonds is 7. The minimum Gasteiger partial charge on any atom is -0.491 e. The molecule has 2 rings (SSSR count). The van der Waals surface area contributed by atoms with Crippen LogP contribution in [0.15, 0.2) is 42.5 Å². The number of ether oxygens (including phenoxy) is 1. The number of nitrogens with one attached hydrogen (secondary N) is 1. The molecule has 3 N–H and O–H groups in total. The largest absolute Gasteiger partial charge is 0.491 e. The van der Waals surface area contributed by atoms with Crippen LogP contribution in [-0.2, 0) is 6.42 Å². The summed E-state index contributed by atoms with van der Waals surface area (Å²) in [6.45, 7) is 3.48. The summed E-state index contributed by atoms with van der Waals surface area (Å²) >= 11 is 0. The van der Waals surface area contributed by atoms with Crippen LogP contribution in [0.5, 0.6) is 5.75 Å². The molecule has 0 atom stereocenters. The summed E-state index contributed by atoms with van der Waals surface area (Å²) in [5.74, 6) is 0.506. The Kier molecular flexibility index (Phi) is 5.43. The van der Waals surface area contributed by atoms with Gasteiger partial charge in [0, 0.05) is 18.3 Å². The van der Waals surface area contributed by atoms with Gasteiger partial charge in [0.1, 0.15) is 11.6 Å². The zero-order valence-corrected chi connectivity index (χ0v) is 12.2. The lowest BCUT2D eigenvalue weighted by atomic mass is 10.1. The Balaban J connectivity index is 1.89. The molecule has 0 heterocycles. The molecule has 0 aliphatic rings. The number of halogens is 1. The van der Waals surface area contributed by atoms with Crippen LogP contribution in [0.3, 0.4) is 0 Å². The molecule has 21 heavy (non-hydrogen) atoms. The van der Waals surface area contributed by atoms with Gasteiger partial charge in [-0.1, -0.05) is 19.1 Å². The highest BCUT2D eigenvalue weighted by Gasteiger charge is 2.02.